The Bertz CT molecular complexity index is 871. The van der Waals surface area contributed by atoms with E-state index < -0.39 is 0 Å². The largest absolute Gasteiger partial charge is 0.618 e. The average Bonchev–Trinajstić information content (AvgIpc) is 2.89. The molecule has 6 heteroatoms. The van der Waals surface area contributed by atoms with Crippen molar-refractivity contribution in [3.05, 3.63) is 35.4 Å². The highest BCUT2D eigenvalue weighted by atomic mass is 16.5. The highest BCUT2D eigenvalue weighted by molar-refractivity contribution is 6.04. The molecule has 0 unspecified atom stereocenters. The van der Waals surface area contributed by atoms with Crippen LogP contribution in [0.25, 0.3) is 21.9 Å². The molecule has 2 aromatic heterocycles. The van der Waals surface area contributed by atoms with Crippen molar-refractivity contribution in [2.45, 2.75) is 33.9 Å². The van der Waals surface area contributed by atoms with Gasteiger partial charge in [-0.3, -0.25) is 0 Å². The highest BCUT2D eigenvalue weighted by Crippen LogP contribution is 2.32. The number of nitrogens with zero attached hydrogens (tertiary/aromatic N) is 3. The molecule has 0 saturated heterocycles. The summed E-state index contributed by atoms with van der Waals surface area (Å²) in [5.41, 5.74) is 2.17. The maximum atomic E-state index is 12.4. The van der Waals surface area contributed by atoms with E-state index in [2.05, 4.69) is 23.4 Å². The van der Waals surface area contributed by atoms with Crippen molar-refractivity contribution in [3.8, 4) is 5.75 Å². The molecular formula is C18H23N3O3. The molecule has 0 aliphatic rings. The summed E-state index contributed by atoms with van der Waals surface area (Å²) < 4.78 is 14.1. The van der Waals surface area contributed by atoms with Crippen LogP contribution < -0.4 is 9.47 Å². The van der Waals surface area contributed by atoms with E-state index in [4.69, 9.17) is 9.47 Å². The molecule has 0 atom stereocenters. The van der Waals surface area contributed by atoms with Crippen LogP contribution in [0.2, 0.25) is 0 Å². The molecule has 2 heterocycles. The predicted molar refractivity (Wildman–Crippen MR) is 92.9 cm³/mol. The first kappa shape index (κ1) is 16.5. The van der Waals surface area contributed by atoms with Crippen LogP contribution >= 0.6 is 0 Å². The van der Waals surface area contributed by atoms with Gasteiger partial charge in [0.25, 0.3) is 0 Å². The fourth-order valence-corrected chi connectivity index (χ4v) is 3.03. The lowest BCUT2D eigenvalue weighted by molar-refractivity contribution is -0.575. The van der Waals surface area contributed by atoms with Gasteiger partial charge in [0.05, 0.1) is 12.6 Å². The number of methoxy groups -OCH3 is 1. The summed E-state index contributed by atoms with van der Waals surface area (Å²) in [6.07, 6.45) is 1.53. The van der Waals surface area contributed by atoms with Crippen LogP contribution in [0, 0.1) is 11.1 Å². The minimum atomic E-state index is 0.424. The lowest BCUT2D eigenvalue weighted by atomic mass is 10.1. The predicted octanol–water partition coefficient (Wildman–Crippen LogP) is 3.02. The monoisotopic (exact) mass is 329 g/mol. The van der Waals surface area contributed by atoms with Crippen molar-refractivity contribution in [2.75, 3.05) is 13.7 Å². The lowest BCUT2D eigenvalue weighted by Gasteiger charge is -2.14. The van der Waals surface area contributed by atoms with Crippen molar-refractivity contribution >= 4 is 21.9 Å². The van der Waals surface area contributed by atoms with E-state index in [1.54, 1.807) is 13.2 Å². The Hall–Kier alpha value is -2.34. The van der Waals surface area contributed by atoms with Crippen molar-refractivity contribution in [1.82, 2.24) is 9.55 Å². The van der Waals surface area contributed by atoms with Gasteiger partial charge < -0.3 is 19.2 Å². The van der Waals surface area contributed by atoms with E-state index in [-0.39, 0.29) is 0 Å². The lowest BCUT2D eigenvalue weighted by Crippen LogP contribution is -2.26. The Balaban J connectivity index is 2.38. The Morgan fingerprint density at radius 1 is 1.33 bits per heavy atom. The summed E-state index contributed by atoms with van der Waals surface area (Å²) in [5, 5.41) is 13.2. The second kappa shape index (κ2) is 6.65. The van der Waals surface area contributed by atoms with Crippen molar-refractivity contribution in [1.29, 1.82) is 0 Å². The van der Waals surface area contributed by atoms with Crippen LogP contribution in [-0.4, -0.2) is 23.3 Å². The second-order valence-electron chi connectivity index (χ2n) is 6.21. The van der Waals surface area contributed by atoms with Gasteiger partial charge in [-0.25, -0.2) is 4.98 Å². The molecule has 24 heavy (non-hydrogen) atoms. The fraction of sp³-hybridized carbons (Fsp3) is 0.444. The number of hydrogen-bond acceptors (Lipinski definition) is 4. The second-order valence-corrected chi connectivity index (χ2v) is 6.21. The van der Waals surface area contributed by atoms with E-state index in [1.807, 2.05) is 19.1 Å². The molecule has 0 N–H and O–H groups in total. The van der Waals surface area contributed by atoms with Crippen LogP contribution in [0.3, 0.4) is 0 Å². The van der Waals surface area contributed by atoms with Crippen LogP contribution in [-0.2, 0) is 17.9 Å². The van der Waals surface area contributed by atoms with Crippen LogP contribution in [0.4, 0.5) is 0 Å². The molecular weight excluding hydrogens is 306 g/mol. The number of aromatic nitrogens is 3. The molecule has 0 spiro atoms. The average molecular weight is 329 g/mol. The third kappa shape index (κ3) is 2.78. The summed E-state index contributed by atoms with van der Waals surface area (Å²) >= 11 is 0. The summed E-state index contributed by atoms with van der Waals surface area (Å²) in [6, 6.07) is 5.50. The highest BCUT2D eigenvalue weighted by Gasteiger charge is 2.21. The van der Waals surface area contributed by atoms with Crippen LogP contribution in [0.15, 0.2) is 24.4 Å². The summed E-state index contributed by atoms with van der Waals surface area (Å²) in [7, 11) is 1.62. The number of fused-ring (bicyclic) bond motifs is 3. The quantitative estimate of drug-likeness (QED) is 0.515. The molecule has 0 radical (unpaired) electrons. The molecule has 0 aliphatic heterocycles. The standard InChI is InChI=1S/C18H23N3O3/c1-5-24-11-16-19-13-10-21(22)14-7-6-8-15(23-4)17(14)18(13)20(16)9-12(2)3/h6-8,10,12H,5,9,11H2,1-4H3. The van der Waals surface area contributed by atoms with E-state index in [9.17, 15) is 5.21 Å². The van der Waals surface area contributed by atoms with Gasteiger partial charge in [0, 0.05) is 19.2 Å². The number of ether oxygens (including phenoxy) is 2. The Morgan fingerprint density at radius 2 is 2.12 bits per heavy atom. The minimum absolute atomic E-state index is 0.424. The van der Waals surface area contributed by atoms with Gasteiger partial charge in [-0.15, -0.1) is 0 Å². The molecule has 0 bridgehead atoms. The van der Waals surface area contributed by atoms with E-state index in [0.717, 1.165) is 28.0 Å². The number of hydrogen-bond donors (Lipinski definition) is 0. The van der Waals surface area contributed by atoms with Gasteiger partial charge >= 0.3 is 0 Å². The molecule has 0 amide bonds. The third-order valence-corrected chi connectivity index (χ3v) is 3.99. The number of benzene rings is 1. The number of imidazole rings is 1. The van der Waals surface area contributed by atoms with Crippen LogP contribution in [0.1, 0.15) is 26.6 Å². The first-order valence-corrected chi connectivity index (χ1v) is 8.22. The van der Waals surface area contributed by atoms with Gasteiger partial charge in [0.2, 0.25) is 11.7 Å². The SMILES string of the molecule is CCOCc1nc2c[n+]([O-])c3cccc(OC)c3c2n1CC(C)C. The van der Waals surface area contributed by atoms with Gasteiger partial charge in [0.15, 0.2) is 5.52 Å². The molecule has 3 rings (SSSR count). The molecule has 0 saturated carbocycles. The van der Waals surface area contributed by atoms with Gasteiger partial charge in [-0.2, -0.15) is 4.73 Å². The van der Waals surface area contributed by atoms with E-state index in [1.165, 1.54) is 6.20 Å². The molecule has 6 nitrogen and oxygen atoms in total. The van der Waals surface area contributed by atoms with Crippen molar-refractivity contribution in [3.63, 3.8) is 0 Å². The zero-order chi connectivity index (χ0) is 17.3. The minimum Gasteiger partial charge on any atom is -0.618 e. The first-order valence-electron chi connectivity index (χ1n) is 8.22. The fourth-order valence-electron chi connectivity index (χ4n) is 3.03. The summed E-state index contributed by atoms with van der Waals surface area (Å²) in [4.78, 5) is 4.65. The summed E-state index contributed by atoms with van der Waals surface area (Å²) in [5.74, 6) is 1.95. The first-order chi connectivity index (χ1) is 11.6. The molecule has 1 aromatic carbocycles. The Kier molecular flexibility index (Phi) is 4.57. The molecule has 0 aliphatic carbocycles. The number of pyridine rings is 1. The summed E-state index contributed by atoms with van der Waals surface area (Å²) in [6.45, 7) is 8.12. The topological polar surface area (TPSA) is 63.2 Å². The van der Waals surface area contributed by atoms with Crippen molar-refractivity contribution < 1.29 is 14.2 Å². The van der Waals surface area contributed by atoms with Crippen LogP contribution in [0.5, 0.6) is 5.75 Å². The normalized spacial score (nSPS) is 11.7. The number of rotatable bonds is 6. The third-order valence-electron chi connectivity index (χ3n) is 3.99. The molecule has 0 fully saturated rings. The molecule has 3 aromatic rings. The van der Waals surface area contributed by atoms with Crippen molar-refractivity contribution in [2.24, 2.45) is 5.92 Å². The maximum Gasteiger partial charge on any atom is 0.229 e. The van der Waals surface area contributed by atoms with Gasteiger partial charge in [0.1, 0.15) is 23.6 Å². The zero-order valence-corrected chi connectivity index (χ0v) is 14.6. The Labute approximate surface area is 141 Å². The zero-order valence-electron chi connectivity index (χ0n) is 14.6. The van der Waals surface area contributed by atoms with E-state index >= 15 is 0 Å². The van der Waals surface area contributed by atoms with Gasteiger partial charge in [-0.05, 0) is 18.9 Å². The maximum absolute atomic E-state index is 12.4. The smallest absolute Gasteiger partial charge is 0.229 e. The molecule has 128 valence electrons. The van der Waals surface area contributed by atoms with Gasteiger partial charge in [-0.1, -0.05) is 19.9 Å². The van der Waals surface area contributed by atoms with E-state index in [0.29, 0.717) is 35.9 Å². The Morgan fingerprint density at radius 3 is 2.79 bits per heavy atom.